The molecule has 8 heteroatoms. The van der Waals surface area contributed by atoms with Gasteiger partial charge in [-0.15, -0.1) is 0 Å². The lowest BCUT2D eigenvalue weighted by atomic mass is 10.0. The lowest BCUT2D eigenvalue weighted by Gasteiger charge is -2.17. The highest BCUT2D eigenvalue weighted by atomic mass is 16.5. The quantitative estimate of drug-likeness (QED) is 0.653. The van der Waals surface area contributed by atoms with Crippen molar-refractivity contribution in [3.05, 3.63) is 66.5 Å². The first-order chi connectivity index (χ1) is 14.6. The molecule has 154 valence electrons. The van der Waals surface area contributed by atoms with E-state index in [9.17, 15) is 9.59 Å². The smallest absolute Gasteiger partial charge is 0.260 e. The van der Waals surface area contributed by atoms with E-state index in [0.717, 1.165) is 5.56 Å². The standard InChI is InChI=1S/C22H23N5O3/c1-15(28)23-19-13-27(20(29)14-30-17-10-6-3-7-11-17)12-18(19)22-24-21(25-26-22)16-8-4-2-5-9-16/h2-11,18-19H,12-14H2,1H3,(H,23,28)(H,24,25,26)/t18-,19-/m1/s1. The maximum atomic E-state index is 12.7. The lowest BCUT2D eigenvalue weighted by molar-refractivity contribution is -0.132. The summed E-state index contributed by atoms with van der Waals surface area (Å²) in [6.07, 6.45) is 0. The molecule has 2 aromatic carbocycles. The van der Waals surface area contributed by atoms with Crippen molar-refractivity contribution in [2.24, 2.45) is 0 Å². The van der Waals surface area contributed by atoms with Gasteiger partial charge >= 0.3 is 0 Å². The second-order valence-electron chi connectivity index (χ2n) is 7.22. The molecule has 8 nitrogen and oxygen atoms in total. The number of ether oxygens (including phenoxy) is 1. The highest BCUT2D eigenvalue weighted by molar-refractivity contribution is 5.79. The Morgan fingerprint density at radius 3 is 2.50 bits per heavy atom. The molecule has 0 spiro atoms. The van der Waals surface area contributed by atoms with Crippen LogP contribution in [0.2, 0.25) is 0 Å². The van der Waals surface area contributed by atoms with Gasteiger partial charge in [0, 0.05) is 25.6 Å². The summed E-state index contributed by atoms with van der Waals surface area (Å²) in [6, 6.07) is 18.6. The van der Waals surface area contributed by atoms with Crippen LogP contribution < -0.4 is 10.1 Å². The summed E-state index contributed by atoms with van der Waals surface area (Å²) in [5.41, 5.74) is 0.901. The number of aromatic amines is 1. The van der Waals surface area contributed by atoms with Crippen LogP contribution in [-0.4, -0.2) is 57.6 Å². The molecule has 30 heavy (non-hydrogen) atoms. The second-order valence-corrected chi connectivity index (χ2v) is 7.22. The zero-order chi connectivity index (χ0) is 20.9. The molecule has 1 saturated heterocycles. The largest absolute Gasteiger partial charge is 0.484 e. The number of nitrogens with one attached hydrogen (secondary N) is 2. The molecule has 0 aliphatic carbocycles. The summed E-state index contributed by atoms with van der Waals surface area (Å²) < 4.78 is 5.59. The van der Waals surface area contributed by atoms with Crippen molar-refractivity contribution in [1.82, 2.24) is 25.4 Å². The summed E-state index contributed by atoms with van der Waals surface area (Å²) >= 11 is 0. The van der Waals surface area contributed by atoms with E-state index in [1.54, 1.807) is 17.0 Å². The van der Waals surface area contributed by atoms with Crippen LogP contribution in [0.25, 0.3) is 11.4 Å². The highest BCUT2D eigenvalue weighted by Crippen LogP contribution is 2.27. The number of carbonyl (C=O) groups is 2. The minimum absolute atomic E-state index is 0.0603. The summed E-state index contributed by atoms with van der Waals surface area (Å²) in [5, 5.41) is 10.2. The Morgan fingerprint density at radius 2 is 1.80 bits per heavy atom. The van der Waals surface area contributed by atoms with Gasteiger partial charge in [-0.1, -0.05) is 48.5 Å². The summed E-state index contributed by atoms with van der Waals surface area (Å²) in [4.78, 5) is 30.7. The van der Waals surface area contributed by atoms with Crippen molar-refractivity contribution >= 4 is 11.8 Å². The fraction of sp³-hybridized carbons (Fsp3) is 0.273. The molecule has 2 amide bonds. The third kappa shape index (κ3) is 4.48. The van der Waals surface area contributed by atoms with Crippen molar-refractivity contribution in [1.29, 1.82) is 0 Å². The van der Waals surface area contributed by atoms with E-state index >= 15 is 0 Å². The normalized spacial score (nSPS) is 18.2. The average Bonchev–Trinajstić information content (AvgIpc) is 3.40. The molecular weight excluding hydrogens is 382 g/mol. The molecule has 2 heterocycles. The van der Waals surface area contributed by atoms with Crippen LogP contribution in [0, 0.1) is 0 Å². The van der Waals surface area contributed by atoms with E-state index < -0.39 is 0 Å². The molecule has 1 aliphatic heterocycles. The third-order valence-electron chi connectivity index (χ3n) is 5.05. The Hall–Kier alpha value is -3.68. The Morgan fingerprint density at radius 1 is 1.10 bits per heavy atom. The Bertz CT molecular complexity index is 1010. The number of aromatic nitrogens is 3. The first-order valence-corrected chi connectivity index (χ1v) is 9.80. The summed E-state index contributed by atoms with van der Waals surface area (Å²) in [7, 11) is 0. The van der Waals surface area contributed by atoms with Crippen LogP contribution >= 0.6 is 0 Å². The molecule has 4 rings (SSSR count). The zero-order valence-electron chi connectivity index (χ0n) is 16.6. The van der Waals surface area contributed by atoms with Gasteiger partial charge in [0.15, 0.2) is 12.4 Å². The third-order valence-corrected chi connectivity index (χ3v) is 5.05. The van der Waals surface area contributed by atoms with Gasteiger partial charge in [0.2, 0.25) is 5.91 Å². The minimum atomic E-state index is -0.250. The average molecular weight is 405 g/mol. The van der Waals surface area contributed by atoms with Gasteiger partial charge in [0.1, 0.15) is 11.6 Å². The maximum Gasteiger partial charge on any atom is 0.260 e. The molecule has 3 aromatic rings. The van der Waals surface area contributed by atoms with Crippen molar-refractivity contribution in [2.75, 3.05) is 19.7 Å². The molecular formula is C22H23N5O3. The number of hydrogen-bond donors (Lipinski definition) is 2. The maximum absolute atomic E-state index is 12.7. The van der Waals surface area contributed by atoms with Gasteiger partial charge in [0.25, 0.3) is 5.91 Å². The Balaban J connectivity index is 1.47. The predicted molar refractivity (Wildman–Crippen MR) is 111 cm³/mol. The molecule has 0 unspecified atom stereocenters. The molecule has 1 aliphatic rings. The van der Waals surface area contributed by atoms with Crippen LogP contribution in [0.1, 0.15) is 18.7 Å². The van der Waals surface area contributed by atoms with Crippen LogP contribution in [0.3, 0.4) is 0 Å². The topological polar surface area (TPSA) is 100 Å². The number of likely N-dealkylation sites (tertiary alicyclic amines) is 1. The number of H-pyrrole nitrogens is 1. The van der Waals surface area contributed by atoms with Crippen LogP contribution in [0.4, 0.5) is 0 Å². The molecule has 2 atom stereocenters. The van der Waals surface area contributed by atoms with E-state index in [1.165, 1.54) is 6.92 Å². The summed E-state index contributed by atoms with van der Waals surface area (Å²) in [5.74, 6) is 1.40. The number of para-hydroxylation sites is 1. The molecule has 1 aromatic heterocycles. The van der Waals surface area contributed by atoms with E-state index in [4.69, 9.17) is 4.74 Å². The second kappa shape index (κ2) is 8.77. The molecule has 0 bridgehead atoms. The van der Waals surface area contributed by atoms with Crippen LogP contribution in [0.15, 0.2) is 60.7 Å². The van der Waals surface area contributed by atoms with Crippen LogP contribution in [0.5, 0.6) is 5.75 Å². The van der Waals surface area contributed by atoms with Crippen molar-refractivity contribution < 1.29 is 14.3 Å². The van der Waals surface area contributed by atoms with E-state index in [1.807, 2.05) is 48.5 Å². The first kappa shape index (κ1) is 19.6. The van der Waals surface area contributed by atoms with Crippen molar-refractivity contribution in [3.8, 4) is 17.1 Å². The number of amides is 2. The van der Waals surface area contributed by atoms with Gasteiger partial charge < -0.3 is 15.0 Å². The monoisotopic (exact) mass is 405 g/mol. The van der Waals surface area contributed by atoms with Gasteiger partial charge in [-0.3, -0.25) is 14.7 Å². The van der Waals surface area contributed by atoms with Gasteiger partial charge in [0.05, 0.1) is 12.0 Å². The highest BCUT2D eigenvalue weighted by Gasteiger charge is 2.38. The number of carbonyl (C=O) groups excluding carboxylic acids is 2. The number of benzene rings is 2. The zero-order valence-corrected chi connectivity index (χ0v) is 16.6. The van der Waals surface area contributed by atoms with Crippen molar-refractivity contribution in [3.63, 3.8) is 0 Å². The van der Waals surface area contributed by atoms with E-state index in [2.05, 4.69) is 20.5 Å². The first-order valence-electron chi connectivity index (χ1n) is 9.80. The van der Waals surface area contributed by atoms with Gasteiger partial charge in [-0.05, 0) is 12.1 Å². The predicted octanol–water partition coefficient (Wildman–Crippen LogP) is 1.98. The molecule has 0 radical (unpaired) electrons. The number of rotatable bonds is 6. The SMILES string of the molecule is CC(=O)N[C@@H]1CN(C(=O)COc2ccccc2)C[C@H]1c1nc(-c2ccccc2)n[nH]1. The molecule has 2 N–H and O–H groups in total. The van der Waals surface area contributed by atoms with Gasteiger partial charge in [-0.25, -0.2) is 4.98 Å². The van der Waals surface area contributed by atoms with Gasteiger partial charge in [-0.2, -0.15) is 5.10 Å². The number of nitrogens with zero attached hydrogens (tertiary/aromatic N) is 3. The molecule has 0 saturated carbocycles. The Kier molecular flexibility index (Phi) is 5.74. The number of hydrogen-bond acceptors (Lipinski definition) is 5. The molecule has 1 fully saturated rings. The van der Waals surface area contributed by atoms with E-state index in [0.29, 0.717) is 30.5 Å². The van der Waals surface area contributed by atoms with Crippen molar-refractivity contribution in [2.45, 2.75) is 18.9 Å². The van der Waals surface area contributed by atoms with E-state index in [-0.39, 0.29) is 30.4 Å². The minimum Gasteiger partial charge on any atom is -0.484 e. The fourth-order valence-corrected chi connectivity index (χ4v) is 3.60. The Labute approximate surface area is 174 Å². The van der Waals surface area contributed by atoms with Crippen LogP contribution in [-0.2, 0) is 9.59 Å². The fourth-order valence-electron chi connectivity index (χ4n) is 3.60. The summed E-state index contributed by atoms with van der Waals surface area (Å²) in [6.45, 7) is 2.22. The lowest BCUT2D eigenvalue weighted by Crippen LogP contribution is -2.40.